The fraction of sp³-hybridized carbons (Fsp3) is 0.556. The molecule has 1 aliphatic carbocycles. The zero-order chi connectivity index (χ0) is 18.1. The number of hydrogen-bond donors (Lipinski definition) is 3. The number of amides is 3. The summed E-state index contributed by atoms with van der Waals surface area (Å²) in [7, 11) is 1.42. The predicted molar refractivity (Wildman–Crippen MR) is 94.2 cm³/mol. The zero-order valence-corrected chi connectivity index (χ0v) is 14.6. The van der Waals surface area contributed by atoms with E-state index in [1.54, 1.807) is 0 Å². The lowest BCUT2D eigenvalue weighted by Crippen LogP contribution is -2.43. The number of anilines is 1. The maximum atomic E-state index is 13.1. The Morgan fingerprint density at radius 1 is 1.24 bits per heavy atom. The molecule has 0 aromatic heterocycles. The Labute approximate surface area is 147 Å². The van der Waals surface area contributed by atoms with Gasteiger partial charge >= 0.3 is 6.03 Å². The number of halogens is 1. The van der Waals surface area contributed by atoms with Crippen molar-refractivity contribution in [2.75, 3.05) is 19.0 Å². The minimum atomic E-state index is -0.428. The molecule has 2 rings (SSSR count). The average molecular weight is 351 g/mol. The van der Waals surface area contributed by atoms with Crippen LogP contribution in [0, 0.1) is 5.82 Å². The Morgan fingerprint density at radius 2 is 2.00 bits per heavy atom. The van der Waals surface area contributed by atoms with E-state index in [2.05, 4.69) is 16.0 Å². The van der Waals surface area contributed by atoms with Gasteiger partial charge in [0.1, 0.15) is 11.6 Å². The van der Waals surface area contributed by atoms with Crippen molar-refractivity contribution in [3.63, 3.8) is 0 Å². The second-order valence-corrected chi connectivity index (χ2v) is 6.23. The number of ether oxygens (including phenoxy) is 1. The summed E-state index contributed by atoms with van der Waals surface area (Å²) < 4.78 is 18.2. The van der Waals surface area contributed by atoms with E-state index in [4.69, 9.17) is 4.74 Å². The molecule has 0 unspecified atom stereocenters. The van der Waals surface area contributed by atoms with Gasteiger partial charge in [-0.2, -0.15) is 0 Å². The molecule has 3 amide bonds. The third-order valence-electron chi connectivity index (χ3n) is 4.24. The Morgan fingerprint density at radius 3 is 2.72 bits per heavy atom. The second kappa shape index (κ2) is 9.86. The number of urea groups is 1. The molecule has 7 heteroatoms. The molecule has 138 valence electrons. The lowest BCUT2D eigenvalue weighted by Gasteiger charge is -2.22. The van der Waals surface area contributed by atoms with Gasteiger partial charge in [0.25, 0.3) is 0 Å². The normalized spacial score (nSPS) is 14.6. The molecule has 0 radical (unpaired) electrons. The standard InChI is InChI=1S/C18H26FN3O3/c1-25-16-12-13(19)9-10-15(16)22-17(23)8-5-11-20-18(24)21-14-6-3-2-4-7-14/h9-10,12,14H,2-8,11H2,1H3,(H,22,23)(H2,20,21,24). The highest BCUT2D eigenvalue weighted by molar-refractivity contribution is 5.92. The fourth-order valence-corrected chi connectivity index (χ4v) is 2.92. The summed E-state index contributed by atoms with van der Waals surface area (Å²) in [6.07, 6.45) is 6.42. The van der Waals surface area contributed by atoms with Crippen molar-refractivity contribution in [3.8, 4) is 5.75 Å². The van der Waals surface area contributed by atoms with E-state index in [0.29, 0.717) is 18.7 Å². The summed E-state index contributed by atoms with van der Waals surface area (Å²) in [5.41, 5.74) is 0.428. The van der Waals surface area contributed by atoms with Gasteiger partial charge in [-0.05, 0) is 31.4 Å². The maximum Gasteiger partial charge on any atom is 0.315 e. The van der Waals surface area contributed by atoms with Crippen molar-refractivity contribution < 1.29 is 18.7 Å². The molecule has 0 saturated heterocycles. The predicted octanol–water partition coefficient (Wildman–Crippen LogP) is 3.18. The van der Waals surface area contributed by atoms with Crippen LogP contribution in [0.3, 0.4) is 0 Å². The molecule has 1 aromatic rings. The molecule has 0 bridgehead atoms. The molecule has 0 atom stereocenters. The van der Waals surface area contributed by atoms with Crippen molar-refractivity contribution >= 4 is 17.6 Å². The average Bonchev–Trinajstić information content (AvgIpc) is 2.61. The monoisotopic (exact) mass is 351 g/mol. The van der Waals surface area contributed by atoms with E-state index < -0.39 is 5.82 Å². The summed E-state index contributed by atoms with van der Waals surface area (Å²) in [6, 6.07) is 4.03. The molecule has 0 aliphatic heterocycles. The first-order chi connectivity index (χ1) is 12.1. The Hall–Kier alpha value is -2.31. The number of benzene rings is 1. The van der Waals surface area contributed by atoms with Crippen LogP contribution in [0.4, 0.5) is 14.9 Å². The summed E-state index contributed by atoms with van der Waals surface area (Å²) in [6.45, 7) is 0.423. The highest BCUT2D eigenvalue weighted by Gasteiger charge is 2.15. The SMILES string of the molecule is COc1cc(F)ccc1NC(=O)CCCNC(=O)NC1CCCCC1. The highest BCUT2D eigenvalue weighted by Crippen LogP contribution is 2.25. The van der Waals surface area contributed by atoms with Gasteiger partial charge < -0.3 is 20.7 Å². The molecule has 1 fully saturated rings. The first-order valence-electron chi connectivity index (χ1n) is 8.76. The van der Waals surface area contributed by atoms with Crippen LogP contribution in [0.1, 0.15) is 44.9 Å². The van der Waals surface area contributed by atoms with E-state index in [0.717, 1.165) is 25.7 Å². The fourth-order valence-electron chi connectivity index (χ4n) is 2.92. The van der Waals surface area contributed by atoms with Crippen LogP contribution < -0.4 is 20.7 Å². The van der Waals surface area contributed by atoms with Gasteiger partial charge in [0.15, 0.2) is 0 Å². The van der Waals surface area contributed by atoms with Gasteiger partial charge in [-0.3, -0.25) is 4.79 Å². The van der Waals surface area contributed by atoms with Crippen molar-refractivity contribution in [3.05, 3.63) is 24.0 Å². The smallest absolute Gasteiger partial charge is 0.315 e. The van der Waals surface area contributed by atoms with Gasteiger partial charge in [0.05, 0.1) is 12.8 Å². The van der Waals surface area contributed by atoms with E-state index in [1.165, 1.54) is 31.7 Å². The molecule has 1 aromatic carbocycles. The number of rotatable bonds is 7. The largest absolute Gasteiger partial charge is 0.494 e. The second-order valence-electron chi connectivity index (χ2n) is 6.23. The van der Waals surface area contributed by atoms with Crippen LogP contribution >= 0.6 is 0 Å². The first kappa shape index (κ1) is 19.0. The number of carbonyl (C=O) groups excluding carboxylic acids is 2. The number of carbonyl (C=O) groups is 2. The van der Waals surface area contributed by atoms with Crippen LogP contribution in [0.25, 0.3) is 0 Å². The Balaban J connectivity index is 1.64. The number of nitrogens with one attached hydrogen (secondary N) is 3. The van der Waals surface area contributed by atoms with E-state index in [-0.39, 0.29) is 30.2 Å². The molecule has 1 aliphatic rings. The van der Waals surface area contributed by atoms with Gasteiger partial charge in [0, 0.05) is 25.1 Å². The first-order valence-corrected chi connectivity index (χ1v) is 8.76. The summed E-state index contributed by atoms with van der Waals surface area (Å²) in [5, 5.41) is 8.42. The minimum absolute atomic E-state index is 0.174. The Kier molecular flexibility index (Phi) is 7.50. The van der Waals surface area contributed by atoms with Gasteiger partial charge in [0.2, 0.25) is 5.91 Å². The van der Waals surface area contributed by atoms with Crippen LogP contribution in [0.2, 0.25) is 0 Å². The number of hydrogen-bond acceptors (Lipinski definition) is 3. The molecule has 0 spiro atoms. The molecule has 6 nitrogen and oxygen atoms in total. The molecule has 25 heavy (non-hydrogen) atoms. The van der Waals surface area contributed by atoms with Gasteiger partial charge in [-0.15, -0.1) is 0 Å². The molecule has 1 saturated carbocycles. The lowest BCUT2D eigenvalue weighted by molar-refractivity contribution is -0.116. The number of methoxy groups -OCH3 is 1. The third kappa shape index (κ3) is 6.60. The summed E-state index contributed by atoms with van der Waals surface area (Å²) >= 11 is 0. The van der Waals surface area contributed by atoms with E-state index in [9.17, 15) is 14.0 Å². The highest BCUT2D eigenvalue weighted by atomic mass is 19.1. The third-order valence-corrected chi connectivity index (χ3v) is 4.24. The minimum Gasteiger partial charge on any atom is -0.494 e. The molecular formula is C18H26FN3O3. The van der Waals surface area contributed by atoms with Crippen LogP contribution in [0.15, 0.2) is 18.2 Å². The Bertz CT molecular complexity index is 589. The summed E-state index contributed by atoms with van der Waals surface area (Å²) in [5.74, 6) is -0.360. The molecule has 0 heterocycles. The van der Waals surface area contributed by atoms with Crippen LogP contribution in [0.5, 0.6) is 5.75 Å². The van der Waals surface area contributed by atoms with Gasteiger partial charge in [-0.25, -0.2) is 9.18 Å². The van der Waals surface area contributed by atoms with Crippen molar-refractivity contribution in [1.29, 1.82) is 0 Å². The lowest BCUT2D eigenvalue weighted by atomic mass is 9.96. The molecular weight excluding hydrogens is 325 g/mol. The summed E-state index contributed by atoms with van der Waals surface area (Å²) in [4.78, 5) is 23.7. The van der Waals surface area contributed by atoms with Gasteiger partial charge in [-0.1, -0.05) is 19.3 Å². The van der Waals surface area contributed by atoms with Crippen molar-refractivity contribution in [2.45, 2.75) is 51.0 Å². The topological polar surface area (TPSA) is 79.5 Å². The molecule has 3 N–H and O–H groups in total. The van der Waals surface area contributed by atoms with E-state index >= 15 is 0 Å². The quantitative estimate of drug-likeness (QED) is 0.660. The van der Waals surface area contributed by atoms with Crippen LogP contribution in [-0.4, -0.2) is 31.6 Å². The maximum absolute atomic E-state index is 13.1. The van der Waals surface area contributed by atoms with Crippen molar-refractivity contribution in [1.82, 2.24) is 10.6 Å². The van der Waals surface area contributed by atoms with Crippen molar-refractivity contribution in [2.24, 2.45) is 0 Å². The van der Waals surface area contributed by atoms with E-state index in [1.807, 2.05) is 0 Å². The van der Waals surface area contributed by atoms with Crippen LogP contribution in [-0.2, 0) is 4.79 Å². The zero-order valence-electron chi connectivity index (χ0n) is 14.6.